The lowest BCUT2D eigenvalue weighted by molar-refractivity contribution is -0.142. The number of benzene rings is 1. The molecule has 2 aromatic heterocycles. The largest absolute Gasteiger partial charge is 0.480 e. The zero-order chi connectivity index (χ0) is 24.8. The van der Waals surface area contributed by atoms with Gasteiger partial charge in [-0.1, -0.05) is 24.3 Å². The third kappa shape index (κ3) is 6.77. The standard InChI is InChI=1S/C23H24N4O7/c1-14(28)8-26(11-19(29)30)9-17-6-4-15-2-3-16-5-7-18(25-23(16)22(15)24-17)10-27(12-20(31)32)13-21(33)34/h2-7H,8-13H2,1H3,(H,29,30)(H,31,32)(H,33,34). The first-order valence-electron chi connectivity index (χ1n) is 10.4. The van der Waals surface area contributed by atoms with E-state index in [1.54, 1.807) is 18.2 Å². The SMILES string of the molecule is CC(=O)CN(CC(=O)O)Cc1ccc2ccc3ccc(CN(CC(=O)O)CC(=O)O)nc3c2n1. The number of rotatable bonds is 12. The predicted molar refractivity (Wildman–Crippen MR) is 121 cm³/mol. The zero-order valence-corrected chi connectivity index (χ0v) is 18.5. The van der Waals surface area contributed by atoms with Crippen molar-refractivity contribution >= 4 is 45.5 Å². The summed E-state index contributed by atoms with van der Waals surface area (Å²) in [5.41, 5.74) is 2.17. The summed E-state index contributed by atoms with van der Waals surface area (Å²) in [7, 11) is 0. The van der Waals surface area contributed by atoms with Gasteiger partial charge in [-0.3, -0.25) is 29.0 Å². The highest BCUT2D eigenvalue weighted by Crippen LogP contribution is 2.24. The summed E-state index contributed by atoms with van der Waals surface area (Å²) in [5.74, 6) is -3.50. The van der Waals surface area contributed by atoms with Crippen LogP contribution in [-0.2, 0) is 32.3 Å². The summed E-state index contributed by atoms with van der Waals surface area (Å²) in [6.07, 6.45) is 0. The Morgan fingerprint density at radius 2 is 1.00 bits per heavy atom. The molecule has 0 radical (unpaired) electrons. The Morgan fingerprint density at radius 1 is 0.647 bits per heavy atom. The molecule has 1 aromatic carbocycles. The Morgan fingerprint density at radius 3 is 1.35 bits per heavy atom. The molecule has 2 heterocycles. The third-order valence-electron chi connectivity index (χ3n) is 4.93. The van der Waals surface area contributed by atoms with Crippen molar-refractivity contribution in [2.24, 2.45) is 0 Å². The van der Waals surface area contributed by atoms with Crippen molar-refractivity contribution < 1.29 is 34.5 Å². The summed E-state index contributed by atoms with van der Waals surface area (Å²) in [6.45, 7) is 0.352. The minimum absolute atomic E-state index is 0.0209. The highest BCUT2D eigenvalue weighted by Gasteiger charge is 2.17. The van der Waals surface area contributed by atoms with E-state index in [1.807, 2.05) is 18.2 Å². The Labute approximate surface area is 194 Å². The molecular formula is C23H24N4O7. The molecule has 11 heteroatoms. The molecule has 178 valence electrons. The van der Waals surface area contributed by atoms with Crippen LogP contribution in [0.2, 0.25) is 0 Å². The fraction of sp³-hybridized carbons (Fsp3) is 0.304. The van der Waals surface area contributed by atoms with Gasteiger partial charge in [0.05, 0.1) is 48.6 Å². The average Bonchev–Trinajstić information content (AvgIpc) is 2.71. The zero-order valence-electron chi connectivity index (χ0n) is 18.5. The van der Waals surface area contributed by atoms with Gasteiger partial charge in [0.25, 0.3) is 0 Å². The van der Waals surface area contributed by atoms with Gasteiger partial charge in [0.1, 0.15) is 5.78 Å². The van der Waals surface area contributed by atoms with E-state index in [2.05, 4.69) is 9.97 Å². The van der Waals surface area contributed by atoms with Crippen LogP contribution in [0.4, 0.5) is 0 Å². The minimum Gasteiger partial charge on any atom is -0.480 e. The molecule has 3 N–H and O–H groups in total. The van der Waals surface area contributed by atoms with Crippen molar-refractivity contribution in [3.8, 4) is 0 Å². The van der Waals surface area contributed by atoms with Crippen molar-refractivity contribution in [1.29, 1.82) is 0 Å². The van der Waals surface area contributed by atoms with E-state index < -0.39 is 31.0 Å². The number of aromatic nitrogens is 2. The second-order valence-electron chi connectivity index (χ2n) is 7.99. The smallest absolute Gasteiger partial charge is 0.317 e. The maximum Gasteiger partial charge on any atom is 0.317 e. The molecule has 0 amide bonds. The lowest BCUT2D eigenvalue weighted by Gasteiger charge is -2.19. The highest BCUT2D eigenvalue weighted by molar-refractivity contribution is 6.02. The third-order valence-corrected chi connectivity index (χ3v) is 4.93. The van der Waals surface area contributed by atoms with E-state index >= 15 is 0 Å². The highest BCUT2D eigenvalue weighted by atomic mass is 16.4. The van der Waals surface area contributed by atoms with Crippen LogP contribution in [0.3, 0.4) is 0 Å². The van der Waals surface area contributed by atoms with Gasteiger partial charge in [-0.15, -0.1) is 0 Å². The fourth-order valence-corrected chi connectivity index (χ4v) is 3.71. The molecule has 11 nitrogen and oxygen atoms in total. The van der Waals surface area contributed by atoms with E-state index in [1.165, 1.54) is 16.7 Å². The maximum absolute atomic E-state index is 11.5. The summed E-state index contributed by atoms with van der Waals surface area (Å²) in [6, 6.07) is 10.8. The molecule has 0 aliphatic rings. The molecule has 0 fully saturated rings. The first-order chi connectivity index (χ1) is 16.1. The Kier molecular flexibility index (Phi) is 7.82. The van der Waals surface area contributed by atoms with Crippen LogP contribution in [0.1, 0.15) is 18.3 Å². The van der Waals surface area contributed by atoms with E-state index in [4.69, 9.17) is 15.3 Å². The molecule has 0 aliphatic carbocycles. The van der Waals surface area contributed by atoms with Gasteiger partial charge in [-0.25, -0.2) is 9.97 Å². The molecule has 0 saturated carbocycles. The monoisotopic (exact) mass is 468 g/mol. The van der Waals surface area contributed by atoms with Crippen LogP contribution in [0.25, 0.3) is 21.8 Å². The topological polar surface area (TPSA) is 161 Å². The van der Waals surface area contributed by atoms with E-state index in [0.717, 1.165) is 10.8 Å². The molecule has 3 rings (SSSR count). The number of hydrogen-bond donors (Lipinski definition) is 3. The number of Topliss-reactive ketones (excluding diaryl/α,β-unsaturated/α-hetero) is 1. The number of ketones is 1. The van der Waals surface area contributed by atoms with E-state index in [0.29, 0.717) is 22.4 Å². The van der Waals surface area contributed by atoms with Crippen LogP contribution in [0.15, 0.2) is 36.4 Å². The molecule has 0 unspecified atom stereocenters. The number of carboxylic acid groups (broad SMARTS) is 3. The van der Waals surface area contributed by atoms with Crippen LogP contribution < -0.4 is 0 Å². The van der Waals surface area contributed by atoms with Gasteiger partial charge in [-0.2, -0.15) is 0 Å². The van der Waals surface area contributed by atoms with E-state index in [9.17, 15) is 19.2 Å². The van der Waals surface area contributed by atoms with Gasteiger partial charge < -0.3 is 15.3 Å². The molecule has 0 atom stereocenters. The summed E-state index contributed by atoms with van der Waals surface area (Å²) < 4.78 is 0. The van der Waals surface area contributed by atoms with Crippen molar-refractivity contribution in [1.82, 2.24) is 19.8 Å². The molecule has 3 aromatic rings. The number of pyridine rings is 2. The number of aliphatic carboxylic acids is 3. The Bertz CT molecular complexity index is 1130. The van der Waals surface area contributed by atoms with Crippen LogP contribution in [-0.4, -0.2) is 85.0 Å². The van der Waals surface area contributed by atoms with Crippen LogP contribution in [0.5, 0.6) is 0 Å². The molecule has 0 aliphatic heterocycles. The van der Waals surface area contributed by atoms with Gasteiger partial charge in [0.2, 0.25) is 0 Å². The van der Waals surface area contributed by atoms with Crippen molar-refractivity contribution in [3.05, 3.63) is 47.8 Å². The van der Waals surface area contributed by atoms with Gasteiger partial charge in [-0.05, 0) is 19.1 Å². The number of hydrogen-bond acceptors (Lipinski definition) is 8. The van der Waals surface area contributed by atoms with Gasteiger partial charge in [0.15, 0.2) is 0 Å². The van der Waals surface area contributed by atoms with E-state index in [-0.39, 0.29) is 32.0 Å². The number of carbonyl (C=O) groups excluding carboxylic acids is 1. The van der Waals surface area contributed by atoms with Gasteiger partial charge in [0, 0.05) is 23.9 Å². The second-order valence-corrected chi connectivity index (χ2v) is 7.99. The molecule has 34 heavy (non-hydrogen) atoms. The molecule has 0 saturated heterocycles. The lowest BCUT2D eigenvalue weighted by Crippen LogP contribution is -2.34. The normalized spacial score (nSPS) is 11.4. The van der Waals surface area contributed by atoms with Crippen LogP contribution in [0, 0.1) is 0 Å². The first kappa shape index (κ1) is 24.7. The van der Waals surface area contributed by atoms with Crippen LogP contribution >= 0.6 is 0 Å². The minimum atomic E-state index is -1.14. The van der Waals surface area contributed by atoms with Crippen molar-refractivity contribution in [2.75, 3.05) is 26.2 Å². The average molecular weight is 468 g/mol. The number of carboxylic acids is 3. The molecular weight excluding hydrogens is 444 g/mol. The van der Waals surface area contributed by atoms with Gasteiger partial charge >= 0.3 is 17.9 Å². The summed E-state index contributed by atoms with van der Waals surface area (Å²) in [5, 5.41) is 28.9. The predicted octanol–water partition coefficient (Wildman–Crippen LogP) is 1.23. The Balaban J connectivity index is 1.97. The Hall–Kier alpha value is -3.96. The number of carbonyl (C=O) groups is 4. The first-order valence-corrected chi connectivity index (χ1v) is 10.4. The maximum atomic E-state index is 11.5. The lowest BCUT2D eigenvalue weighted by atomic mass is 10.1. The second kappa shape index (κ2) is 10.8. The quantitative estimate of drug-likeness (QED) is 0.328. The van der Waals surface area contributed by atoms with Crippen molar-refractivity contribution in [3.63, 3.8) is 0 Å². The number of fused-ring (bicyclic) bond motifs is 3. The molecule has 0 bridgehead atoms. The fourth-order valence-electron chi connectivity index (χ4n) is 3.71. The van der Waals surface area contributed by atoms with Crippen molar-refractivity contribution in [2.45, 2.75) is 20.0 Å². The summed E-state index contributed by atoms with van der Waals surface area (Å²) >= 11 is 0. The molecule has 0 spiro atoms. The summed E-state index contributed by atoms with van der Waals surface area (Å²) in [4.78, 5) is 56.9. The number of nitrogens with zero attached hydrogens (tertiary/aromatic N) is 4.